The van der Waals surface area contributed by atoms with E-state index in [1.807, 2.05) is 36.5 Å². The van der Waals surface area contributed by atoms with Gasteiger partial charge in [0.2, 0.25) is 5.91 Å². The van der Waals surface area contributed by atoms with Crippen LogP contribution in [0.25, 0.3) is 0 Å². The third-order valence-corrected chi connectivity index (χ3v) is 3.91. The van der Waals surface area contributed by atoms with Gasteiger partial charge in [0.15, 0.2) is 0 Å². The molecule has 1 aromatic heterocycles. The number of rotatable bonds is 4. The molecule has 2 heterocycles. The third kappa shape index (κ3) is 3.32. The lowest BCUT2D eigenvalue weighted by atomic mass is 10.0. The molecule has 3 N–H and O–H groups in total. The highest BCUT2D eigenvalue weighted by Gasteiger charge is 2.30. The fraction of sp³-hybridized carbons (Fsp3) is 0.294. The second kappa shape index (κ2) is 6.68. The number of benzene rings is 1. The van der Waals surface area contributed by atoms with Crippen molar-refractivity contribution in [2.24, 2.45) is 0 Å². The number of hydrazine groups is 1. The topological polar surface area (TPSA) is 66.0 Å². The molecule has 0 spiro atoms. The molecular weight excluding hydrogens is 276 g/mol. The molecule has 1 aliphatic rings. The molecule has 1 fully saturated rings. The summed E-state index contributed by atoms with van der Waals surface area (Å²) in [5.41, 5.74) is 9.36. The zero-order valence-electron chi connectivity index (χ0n) is 12.5. The summed E-state index contributed by atoms with van der Waals surface area (Å²) in [7, 11) is 0. The first-order valence-corrected chi connectivity index (χ1v) is 7.57. The van der Waals surface area contributed by atoms with E-state index < -0.39 is 0 Å². The van der Waals surface area contributed by atoms with Crippen LogP contribution in [0, 0.1) is 0 Å². The standard InChI is InChI=1S/C17H20N4O/c1-2-12-5-3-7-14(9-12)19-17(22)16-10-15(20-21-16)13-6-4-8-18-11-13/h3-9,11,15-16,20-21H,2,10H2,1H3,(H,19,22). The van der Waals surface area contributed by atoms with Crippen molar-refractivity contribution in [3.63, 3.8) is 0 Å². The number of carbonyl (C=O) groups excluding carboxylic acids is 1. The van der Waals surface area contributed by atoms with E-state index in [1.54, 1.807) is 6.20 Å². The van der Waals surface area contributed by atoms with Gasteiger partial charge in [-0.15, -0.1) is 0 Å². The molecule has 0 saturated carbocycles. The predicted molar refractivity (Wildman–Crippen MR) is 86.1 cm³/mol. The van der Waals surface area contributed by atoms with Crippen LogP contribution in [0.4, 0.5) is 5.69 Å². The van der Waals surface area contributed by atoms with Crippen molar-refractivity contribution in [2.45, 2.75) is 31.8 Å². The van der Waals surface area contributed by atoms with Gasteiger partial charge >= 0.3 is 0 Å². The number of amides is 1. The average molecular weight is 296 g/mol. The highest BCUT2D eigenvalue weighted by molar-refractivity contribution is 5.95. The molecule has 1 aromatic carbocycles. The molecule has 114 valence electrons. The Balaban J connectivity index is 1.62. The number of carbonyl (C=O) groups is 1. The summed E-state index contributed by atoms with van der Waals surface area (Å²) >= 11 is 0. The Morgan fingerprint density at radius 1 is 1.32 bits per heavy atom. The minimum Gasteiger partial charge on any atom is -0.325 e. The molecule has 2 aromatic rings. The molecule has 1 amide bonds. The van der Waals surface area contributed by atoms with Crippen LogP contribution in [0.3, 0.4) is 0 Å². The minimum atomic E-state index is -0.254. The first-order chi connectivity index (χ1) is 10.8. The molecular formula is C17H20N4O. The van der Waals surface area contributed by atoms with Crippen molar-refractivity contribution in [1.82, 2.24) is 15.8 Å². The molecule has 1 aliphatic heterocycles. The monoisotopic (exact) mass is 296 g/mol. The van der Waals surface area contributed by atoms with Crippen molar-refractivity contribution < 1.29 is 4.79 Å². The maximum atomic E-state index is 12.4. The summed E-state index contributed by atoms with van der Waals surface area (Å²) < 4.78 is 0. The molecule has 0 radical (unpaired) electrons. The van der Waals surface area contributed by atoms with Gasteiger partial charge < -0.3 is 5.32 Å². The van der Waals surface area contributed by atoms with Crippen LogP contribution in [-0.2, 0) is 11.2 Å². The van der Waals surface area contributed by atoms with E-state index in [0.29, 0.717) is 6.42 Å². The fourth-order valence-electron chi connectivity index (χ4n) is 2.63. The normalized spacial score (nSPS) is 20.8. The minimum absolute atomic E-state index is 0.0212. The summed E-state index contributed by atoms with van der Waals surface area (Å²) in [5, 5.41) is 2.97. The van der Waals surface area contributed by atoms with Crippen molar-refractivity contribution in [2.75, 3.05) is 5.32 Å². The van der Waals surface area contributed by atoms with E-state index in [4.69, 9.17) is 0 Å². The van der Waals surface area contributed by atoms with Gasteiger partial charge in [0, 0.05) is 24.1 Å². The van der Waals surface area contributed by atoms with Crippen molar-refractivity contribution in [3.05, 3.63) is 59.9 Å². The quantitative estimate of drug-likeness (QED) is 0.809. The Morgan fingerprint density at radius 3 is 3.00 bits per heavy atom. The third-order valence-electron chi connectivity index (χ3n) is 3.91. The molecule has 0 aliphatic carbocycles. The summed E-state index contributed by atoms with van der Waals surface area (Å²) in [6.45, 7) is 2.10. The number of hydrogen-bond acceptors (Lipinski definition) is 4. The summed E-state index contributed by atoms with van der Waals surface area (Å²) in [5.74, 6) is -0.0212. The number of hydrogen-bond donors (Lipinski definition) is 3. The van der Waals surface area contributed by atoms with Gasteiger partial charge in [0.25, 0.3) is 0 Å². The van der Waals surface area contributed by atoms with Crippen LogP contribution in [0.15, 0.2) is 48.8 Å². The van der Waals surface area contributed by atoms with Gasteiger partial charge in [-0.3, -0.25) is 9.78 Å². The van der Waals surface area contributed by atoms with Crippen LogP contribution in [0.2, 0.25) is 0 Å². The SMILES string of the molecule is CCc1cccc(NC(=O)C2CC(c3cccnc3)NN2)c1. The zero-order valence-corrected chi connectivity index (χ0v) is 12.5. The Kier molecular flexibility index (Phi) is 4.46. The Morgan fingerprint density at radius 2 is 2.23 bits per heavy atom. The second-order valence-electron chi connectivity index (χ2n) is 5.46. The van der Waals surface area contributed by atoms with Crippen LogP contribution < -0.4 is 16.2 Å². The molecule has 2 atom stereocenters. The second-order valence-corrected chi connectivity index (χ2v) is 5.46. The summed E-state index contributed by atoms with van der Waals surface area (Å²) in [4.78, 5) is 16.5. The first-order valence-electron chi connectivity index (χ1n) is 7.57. The van der Waals surface area contributed by atoms with E-state index in [0.717, 1.165) is 17.7 Å². The number of nitrogens with one attached hydrogen (secondary N) is 3. The van der Waals surface area contributed by atoms with Crippen molar-refractivity contribution in [1.29, 1.82) is 0 Å². The number of nitrogens with zero attached hydrogens (tertiary/aromatic N) is 1. The van der Waals surface area contributed by atoms with Crippen LogP contribution >= 0.6 is 0 Å². The molecule has 1 saturated heterocycles. The molecule has 22 heavy (non-hydrogen) atoms. The molecule has 5 heteroatoms. The van der Waals surface area contributed by atoms with Crippen LogP contribution in [-0.4, -0.2) is 16.9 Å². The van der Waals surface area contributed by atoms with E-state index in [-0.39, 0.29) is 18.0 Å². The number of anilines is 1. The first kappa shape index (κ1) is 14.7. The van der Waals surface area contributed by atoms with Crippen LogP contribution in [0.1, 0.15) is 30.5 Å². The lowest BCUT2D eigenvalue weighted by molar-refractivity contribution is -0.117. The highest BCUT2D eigenvalue weighted by atomic mass is 16.2. The van der Waals surface area contributed by atoms with E-state index >= 15 is 0 Å². The Labute approximate surface area is 130 Å². The van der Waals surface area contributed by atoms with Crippen molar-refractivity contribution in [3.8, 4) is 0 Å². The molecule has 5 nitrogen and oxygen atoms in total. The maximum absolute atomic E-state index is 12.4. The van der Waals surface area contributed by atoms with Gasteiger partial charge in [0.05, 0.1) is 0 Å². The lowest BCUT2D eigenvalue weighted by Crippen LogP contribution is -2.39. The maximum Gasteiger partial charge on any atom is 0.242 e. The van der Waals surface area contributed by atoms with Gasteiger partial charge in [-0.2, -0.15) is 0 Å². The van der Waals surface area contributed by atoms with Crippen LogP contribution in [0.5, 0.6) is 0 Å². The largest absolute Gasteiger partial charge is 0.325 e. The Hall–Kier alpha value is -2.24. The van der Waals surface area contributed by atoms with Crippen molar-refractivity contribution >= 4 is 11.6 Å². The summed E-state index contributed by atoms with van der Waals surface area (Å²) in [6.07, 6.45) is 5.22. The number of aryl methyl sites for hydroxylation is 1. The lowest BCUT2D eigenvalue weighted by Gasteiger charge is -2.11. The van der Waals surface area contributed by atoms with Gasteiger partial charge in [-0.05, 0) is 42.2 Å². The smallest absolute Gasteiger partial charge is 0.242 e. The van der Waals surface area contributed by atoms with Gasteiger partial charge in [-0.1, -0.05) is 25.1 Å². The zero-order chi connectivity index (χ0) is 15.4. The average Bonchev–Trinajstić information content (AvgIpc) is 3.06. The predicted octanol–water partition coefficient (Wildman–Crippen LogP) is 2.19. The molecule has 3 rings (SSSR count). The Bertz CT molecular complexity index is 644. The van der Waals surface area contributed by atoms with Gasteiger partial charge in [0.1, 0.15) is 6.04 Å². The van der Waals surface area contributed by atoms with E-state index in [2.05, 4.69) is 34.1 Å². The fourth-order valence-corrected chi connectivity index (χ4v) is 2.63. The highest BCUT2D eigenvalue weighted by Crippen LogP contribution is 2.22. The van der Waals surface area contributed by atoms with Gasteiger partial charge in [-0.25, -0.2) is 10.9 Å². The van der Waals surface area contributed by atoms with E-state index in [9.17, 15) is 4.79 Å². The molecule has 0 bridgehead atoms. The summed E-state index contributed by atoms with van der Waals surface area (Å²) in [6, 6.07) is 11.7. The molecule has 2 unspecified atom stereocenters. The number of pyridine rings is 1. The number of aromatic nitrogens is 1. The van der Waals surface area contributed by atoms with E-state index in [1.165, 1.54) is 5.56 Å².